The van der Waals surface area contributed by atoms with Crippen LogP contribution in [0.2, 0.25) is 0 Å². The summed E-state index contributed by atoms with van der Waals surface area (Å²) >= 11 is 7.37. The highest BCUT2D eigenvalue weighted by molar-refractivity contribution is 14.1. The third-order valence-corrected chi connectivity index (χ3v) is 9.30. The SMILES string of the molecule is Cc1cc(I)ccc1Nc1c(C(=O)NCCc2ccncc2)cc(Br)c(F)c1F.Cc1cc(I)ccc1Nc1cc(F)ccc1C(=O)NCCO. The molecule has 0 bridgehead atoms. The molecule has 4 aromatic carbocycles. The number of carbonyl (C=O) groups is 2. The van der Waals surface area contributed by atoms with E-state index in [1.54, 1.807) is 18.5 Å². The number of carbonyl (C=O) groups excluding carboxylic acids is 2. The molecule has 0 fully saturated rings. The topological polar surface area (TPSA) is 115 Å². The summed E-state index contributed by atoms with van der Waals surface area (Å²) in [6.07, 6.45) is 3.95. The van der Waals surface area contributed by atoms with Gasteiger partial charge in [-0.15, -0.1) is 0 Å². The van der Waals surface area contributed by atoms with Gasteiger partial charge in [-0.2, -0.15) is 0 Å². The molecule has 0 spiro atoms. The minimum Gasteiger partial charge on any atom is -0.395 e. The summed E-state index contributed by atoms with van der Waals surface area (Å²) in [4.78, 5) is 28.8. The lowest BCUT2D eigenvalue weighted by atomic mass is 10.1. The minimum atomic E-state index is -1.11. The van der Waals surface area contributed by atoms with E-state index in [-0.39, 0.29) is 34.8 Å². The molecule has 8 nitrogen and oxygen atoms in total. The zero-order chi connectivity index (χ0) is 37.1. The maximum absolute atomic E-state index is 14.7. The van der Waals surface area contributed by atoms with E-state index in [9.17, 15) is 22.8 Å². The monoisotopic (exact) mass is 985 g/mol. The van der Waals surface area contributed by atoms with E-state index in [0.29, 0.717) is 29.9 Å². The molecule has 51 heavy (non-hydrogen) atoms. The summed E-state index contributed by atoms with van der Waals surface area (Å²) in [5.74, 6) is -3.45. The van der Waals surface area contributed by atoms with E-state index < -0.39 is 23.4 Å². The second-order valence-electron chi connectivity index (χ2n) is 11.1. The van der Waals surface area contributed by atoms with E-state index in [1.807, 2.05) is 56.3 Å². The molecule has 1 heterocycles. The number of amides is 2. The van der Waals surface area contributed by atoms with Gasteiger partial charge in [0.05, 0.1) is 33.6 Å². The maximum atomic E-state index is 14.7. The number of aryl methyl sites for hydroxylation is 2. The van der Waals surface area contributed by atoms with Gasteiger partial charge in [-0.3, -0.25) is 14.6 Å². The largest absolute Gasteiger partial charge is 0.395 e. The molecule has 0 atom stereocenters. The Morgan fingerprint density at radius 1 is 0.725 bits per heavy atom. The van der Waals surface area contributed by atoms with Crippen LogP contribution in [0.5, 0.6) is 0 Å². The Hall–Kier alpha value is -3.74. The first-order valence-corrected chi connectivity index (χ1v) is 18.4. The molecule has 0 aliphatic heterocycles. The number of hydrogen-bond donors (Lipinski definition) is 5. The van der Waals surface area contributed by atoms with Crippen molar-refractivity contribution in [3.63, 3.8) is 0 Å². The first-order chi connectivity index (χ1) is 24.4. The number of halogens is 6. The van der Waals surface area contributed by atoms with Crippen LogP contribution in [0.15, 0.2) is 89.7 Å². The molecule has 0 radical (unpaired) electrons. The second kappa shape index (κ2) is 19.2. The summed E-state index contributed by atoms with van der Waals surface area (Å²) in [7, 11) is 0. The van der Waals surface area contributed by atoms with Crippen molar-refractivity contribution < 1.29 is 27.9 Å². The Morgan fingerprint density at radius 3 is 1.92 bits per heavy atom. The van der Waals surface area contributed by atoms with Crippen LogP contribution in [-0.4, -0.2) is 41.6 Å². The van der Waals surface area contributed by atoms with Gasteiger partial charge in [0.15, 0.2) is 11.6 Å². The van der Waals surface area contributed by atoms with E-state index >= 15 is 0 Å². The molecule has 14 heteroatoms. The van der Waals surface area contributed by atoms with Crippen LogP contribution >= 0.6 is 61.1 Å². The van der Waals surface area contributed by atoms with Gasteiger partial charge < -0.3 is 26.4 Å². The lowest BCUT2D eigenvalue weighted by Gasteiger charge is -2.16. The molecule has 0 aliphatic rings. The first-order valence-electron chi connectivity index (χ1n) is 15.5. The highest BCUT2D eigenvalue weighted by Gasteiger charge is 2.22. The molecule has 5 rings (SSSR count). The Kier molecular flexibility index (Phi) is 15.1. The van der Waals surface area contributed by atoms with E-state index in [4.69, 9.17) is 5.11 Å². The van der Waals surface area contributed by atoms with Gasteiger partial charge >= 0.3 is 0 Å². The molecule has 1 aromatic heterocycles. The molecular weight excluding hydrogens is 953 g/mol. The fourth-order valence-electron chi connectivity index (χ4n) is 4.76. The molecule has 5 N–H and O–H groups in total. The van der Waals surface area contributed by atoms with Crippen LogP contribution in [-0.2, 0) is 6.42 Å². The van der Waals surface area contributed by atoms with E-state index in [1.165, 1.54) is 24.3 Å². The van der Waals surface area contributed by atoms with Crippen molar-refractivity contribution in [2.45, 2.75) is 20.3 Å². The number of anilines is 4. The number of pyridine rings is 1. The first kappa shape index (κ1) is 40.0. The van der Waals surface area contributed by atoms with Crippen LogP contribution < -0.4 is 21.3 Å². The van der Waals surface area contributed by atoms with E-state index in [2.05, 4.69) is 87.4 Å². The van der Waals surface area contributed by atoms with Gasteiger partial charge in [-0.05, 0) is 171 Å². The van der Waals surface area contributed by atoms with Crippen molar-refractivity contribution >= 4 is 95.7 Å². The summed E-state index contributed by atoms with van der Waals surface area (Å²) in [6.45, 7) is 4.15. The predicted octanol–water partition coefficient (Wildman–Crippen LogP) is 8.96. The van der Waals surface area contributed by atoms with Crippen molar-refractivity contribution in [2.75, 3.05) is 30.3 Å². The molecule has 0 saturated carbocycles. The zero-order valence-corrected chi connectivity index (χ0v) is 33.3. The van der Waals surface area contributed by atoms with Crippen LogP contribution in [0.1, 0.15) is 37.4 Å². The van der Waals surface area contributed by atoms with Gasteiger partial charge in [0.25, 0.3) is 11.8 Å². The van der Waals surface area contributed by atoms with Crippen molar-refractivity contribution in [3.05, 3.63) is 142 Å². The molecule has 0 saturated heterocycles. The standard InChI is InChI=1S/C21H17BrF2IN3O.C16H16FIN2O2/c1-12-10-14(25)2-3-17(12)28-20-15(11-16(22)18(23)19(20)24)21(29)27-9-6-13-4-7-26-8-5-13;1-10-8-12(18)3-5-14(10)20-15-9-11(17)2-4-13(15)16(22)19-6-7-21/h2-5,7-8,10-11,28H,6,9H2,1H3,(H,27,29);2-5,8-9,20-21H,6-7H2,1H3,(H,19,22). The third-order valence-electron chi connectivity index (χ3n) is 7.39. The number of aliphatic hydroxyl groups excluding tert-OH is 1. The normalized spacial score (nSPS) is 10.5. The lowest BCUT2D eigenvalue weighted by molar-refractivity contribution is 0.0941. The van der Waals surface area contributed by atoms with Crippen molar-refractivity contribution in [1.29, 1.82) is 0 Å². The second-order valence-corrected chi connectivity index (χ2v) is 14.5. The minimum absolute atomic E-state index is 0.0171. The van der Waals surface area contributed by atoms with Gasteiger partial charge in [-0.1, -0.05) is 0 Å². The number of nitrogens with one attached hydrogen (secondary N) is 4. The van der Waals surface area contributed by atoms with Crippen LogP contribution in [0.4, 0.5) is 35.9 Å². The smallest absolute Gasteiger partial charge is 0.253 e. The fourth-order valence-corrected chi connectivity index (χ4v) is 6.46. The number of benzene rings is 4. The summed E-state index contributed by atoms with van der Waals surface area (Å²) in [6, 6.07) is 20.3. The third kappa shape index (κ3) is 11.4. The molecular formula is C37H33BrF3I2N5O3. The van der Waals surface area contributed by atoms with E-state index in [0.717, 1.165) is 29.5 Å². The van der Waals surface area contributed by atoms with Gasteiger partial charge in [0, 0.05) is 44.0 Å². The van der Waals surface area contributed by atoms with Gasteiger partial charge in [-0.25, -0.2) is 13.2 Å². The molecule has 0 unspecified atom stereocenters. The average molecular weight is 986 g/mol. The fraction of sp³-hybridized carbons (Fsp3) is 0.162. The quantitative estimate of drug-likeness (QED) is 0.0668. The van der Waals surface area contributed by atoms with Gasteiger partial charge in [0.1, 0.15) is 5.82 Å². The predicted molar refractivity (Wildman–Crippen MR) is 215 cm³/mol. The van der Waals surface area contributed by atoms with Crippen molar-refractivity contribution in [1.82, 2.24) is 15.6 Å². The Bertz CT molecular complexity index is 2020. The molecule has 5 aromatic rings. The lowest BCUT2D eigenvalue weighted by Crippen LogP contribution is -2.27. The van der Waals surface area contributed by atoms with Crippen molar-refractivity contribution in [3.8, 4) is 0 Å². The molecule has 266 valence electrons. The maximum Gasteiger partial charge on any atom is 0.253 e. The molecule has 0 aliphatic carbocycles. The number of hydrogen-bond acceptors (Lipinski definition) is 6. The zero-order valence-electron chi connectivity index (χ0n) is 27.4. The summed E-state index contributed by atoms with van der Waals surface area (Å²) in [5, 5.41) is 20.1. The highest BCUT2D eigenvalue weighted by Crippen LogP contribution is 2.33. The number of aliphatic hydroxyl groups is 1. The Morgan fingerprint density at radius 2 is 1.31 bits per heavy atom. The van der Waals surface area contributed by atoms with Crippen LogP contribution in [0.25, 0.3) is 0 Å². The highest BCUT2D eigenvalue weighted by atomic mass is 127. The summed E-state index contributed by atoms with van der Waals surface area (Å²) in [5.41, 5.74) is 4.80. The molecule has 2 amide bonds. The van der Waals surface area contributed by atoms with Crippen LogP contribution in [0, 0.1) is 38.4 Å². The summed E-state index contributed by atoms with van der Waals surface area (Å²) < 4.78 is 44.4. The Balaban J connectivity index is 0.000000238. The Labute approximate surface area is 329 Å². The van der Waals surface area contributed by atoms with Gasteiger partial charge in [0.2, 0.25) is 0 Å². The average Bonchev–Trinajstić information content (AvgIpc) is 3.10. The number of aromatic nitrogens is 1. The van der Waals surface area contributed by atoms with Crippen molar-refractivity contribution in [2.24, 2.45) is 0 Å². The number of rotatable bonds is 11. The van der Waals surface area contributed by atoms with Crippen LogP contribution in [0.3, 0.4) is 0 Å². The number of nitrogens with zero attached hydrogens (tertiary/aromatic N) is 1.